The van der Waals surface area contributed by atoms with Crippen molar-refractivity contribution < 1.29 is 18.4 Å². The first-order valence-electron chi connectivity index (χ1n) is 8.72. The Hall–Kier alpha value is -2.71. The van der Waals surface area contributed by atoms with Gasteiger partial charge in [0.15, 0.2) is 0 Å². The molecule has 2 aromatic rings. The summed E-state index contributed by atoms with van der Waals surface area (Å²) in [6.45, 7) is 2.15. The summed E-state index contributed by atoms with van der Waals surface area (Å²) in [5.74, 6) is -1.99. The number of carbonyl (C=O) groups is 2. The van der Waals surface area contributed by atoms with Gasteiger partial charge in [-0.1, -0.05) is 6.07 Å². The van der Waals surface area contributed by atoms with Crippen LogP contribution in [0, 0.1) is 11.6 Å². The quantitative estimate of drug-likeness (QED) is 0.731. The van der Waals surface area contributed by atoms with Crippen LogP contribution in [-0.2, 0) is 13.0 Å². The number of carbonyl (C=O) groups excluding carboxylic acids is 2. The van der Waals surface area contributed by atoms with Crippen LogP contribution in [0.2, 0.25) is 0 Å². The molecule has 0 atom stereocenters. The highest BCUT2D eigenvalue weighted by molar-refractivity contribution is 6.06. The van der Waals surface area contributed by atoms with E-state index in [2.05, 4.69) is 16.0 Å². The minimum Gasteiger partial charge on any atom is -0.336 e. The summed E-state index contributed by atoms with van der Waals surface area (Å²) >= 11 is 0. The Bertz CT molecular complexity index is 938. The SMILES string of the molecule is Cl.O=C(Nc1ccc2c(c1F)CCNC2)c1cc(N2CCNC2=O)ccc1F. The fourth-order valence-corrected chi connectivity index (χ4v) is 3.39. The predicted octanol–water partition coefficient (Wildman–Crippen LogP) is 2.81. The zero-order valence-electron chi connectivity index (χ0n) is 14.9. The summed E-state index contributed by atoms with van der Waals surface area (Å²) in [7, 11) is 0. The number of nitrogens with one attached hydrogen (secondary N) is 3. The lowest BCUT2D eigenvalue weighted by molar-refractivity contribution is 0.102. The summed E-state index contributed by atoms with van der Waals surface area (Å²) in [6, 6.07) is 6.79. The van der Waals surface area contributed by atoms with Crippen molar-refractivity contribution in [3.63, 3.8) is 0 Å². The largest absolute Gasteiger partial charge is 0.336 e. The summed E-state index contributed by atoms with van der Waals surface area (Å²) in [4.78, 5) is 25.8. The lowest BCUT2D eigenvalue weighted by Crippen LogP contribution is -2.28. The van der Waals surface area contributed by atoms with E-state index >= 15 is 0 Å². The maximum absolute atomic E-state index is 14.7. The first-order valence-corrected chi connectivity index (χ1v) is 8.72. The van der Waals surface area contributed by atoms with Gasteiger partial charge in [-0.25, -0.2) is 13.6 Å². The van der Waals surface area contributed by atoms with Crippen molar-refractivity contribution in [2.45, 2.75) is 13.0 Å². The third kappa shape index (κ3) is 3.65. The highest BCUT2D eigenvalue weighted by Crippen LogP contribution is 2.26. The van der Waals surface area contributed by atoms with Gasteiger partial charge in [0.05, 0.1) is 11.3 Å². The third-order valence-electron chi connectivity index (χ3n) is 4.82. The Labute approximate surface area is 166 Å². The molecule has 2 heterocycles. The Morgan fingerprint density at radius 2 is 1.96 bits per heavy atom. The molecule has 28 heavy (non-hydrogen) atoms. The second-order valence-electron chi connectivity index (χ2n) is 6.49. The van der Waals surface area contributed by atoms with E-state index in [0.29, 0.717) is 43.9 Å². The number of rotatable bonds is 3. The number of benzene rings is 2. The van der Waals surface area contributed by atoms with E-state index in [-0.39, 0.29) is 29.7 Å². The van der Waals surface area contributed by atoms with Crippen LogP contribution in [0.5, 0.6) is 0 Å². The molecule has 2 aromatic carbocycles. The van der Waals surface area contributed by atoms with Crippen LogP contribution in [0.15, 0.2) is 30.3 Å². The van der Waals surface area contributed by atoms with E-state index in [0.717, 1.165) is 11.6 Å². The molecule has 0 unspecified atom stereocenters. The van der Waals surface area contributed by atoms with Gasteiger partial charge in [-0.3, -0.25) is 9.69 Å². The molecule has 6 nitrogen and oxygen atoms in total. The molecule has 4 rings (SSSR count). The number of hydrogen-bond acceptors (Lipinski definition) is 3. The number of hydrogen-bond donors (Lipinski definition) is 3. The van der Waals surface area contributed by atoms with Crippen LogP contribution >= 0.6 is 12.4 Å². The van der Waals surface area contributed by atoms with Gasteiger partial charge in [-0.05, 0) is 48.4 Å². The lowest BCUT2D eigenvalue weighted by atomic mass is 9.99. The predicted molar refractivity (Wildman–Crippen MR) is 104 cm³/mol. The van der Waals surface area contributed by atoms with Crippen LogP contribution in [0.3, 0.4) is 0 Å². The topological polar surface area (TPSA) is 73.5 Å². The molecular formula is C19H19ClF2N4O2. The maximum Gasteiger partial charge on any atom is 0.321 e. The molecular weight excluding hydrogens is 390 g/mol. The number of anilines is 2. The number of nitrogens with zero attached hydrogens (tertiary/aromatic N) is 1. The molecule has 0 radical (unpaired) electrons. The van der Waals surface area contributed by atoms with E-state index in [1.807, 2.05) is 0 Å². The van der Waals surface area contributed by atoms with Crippen molar-refractivity contribution in [1.82, 2.24) is 10.6 Å². The maximum atomic E-state index is 14.7. The van der Waals surface area contributed by atoms with Gasteiger partial charge >= 0.3 is 6.03 Å². The molecule has 2 aliphatic rings. The van der Waals surface area contributed by atoms with Crippen LogP contribution in [0.1, 0.15) is 21.5 Å². The number of halogens is 3. The van der Waals surface area contributed by atoms with Crippen LogP contribution in [0.4, 0.5) is 25.0 Å². The molecule has 3 N–H and O–H groups in total. The Morgan fingerprint density at radius 1 is 1.14 bits per heavy atom. The third-order valence-corrected chi connectivity index (χ3v) is 4.82. The van der Waals surface area contributed by atoms with Crippen molar-refractivity contribution in [1.29, 1.82) is 0 Å². The van der Waals surface area contributed by atoms with Crippen LogP contribution < -0.4 is 20.9 Å². The molecule has 9 heteroatoms. The van der Waals surface area contributed by atoms with Gasteiger partial charge in [0.1, 0.15) is 11.6 Å². The van der Waals surface area contributed by atoms with E-state index in [1.165, 1.54) is 23.1 Å². The standard InChI is InChI=1S/C19H18F2N4O2.ClH/c20-15-3-2-12(25-8-7-23-19(25)27)9-14(15)18(26)24-16-4-1-11-10-22-6-5-13(11)17(16)21;/h1-4,9,22H,5-8,10H2,(H,23,27)(H,24,26);1H. The molecule has 0 aliphatic carbocycles. The lowest BCUT2D eigenvalue weighted by Gasteiger charge is -2.20. The fourth-order valence-electron chi connectivity index (χ4n) is 3.39. The molecule has 3 amide bonds. The summed E-state index contributed by atoms with van der Waals surface area (Å²) in [5, 5.41) is 8.26. The summed E-state index contributed by atoms with van der Waals surface area (Å²) in [6.07, 6.45) is 0.527. The van der Waals surface area contributed by atoms with Crippen molar-refractivity contribution in [3.05, 3.63) is 58.7 Å². The van der Waals surface area contributed by atoms with E-state index in [1.54, 1.807) is 6.07 Å². The van der Waals surface area contributed by atoms with Crippen molar-refractivity contribution in [2.24, 2.45) is 0 Å². The molecule has 0 spiro atoms. The highest BCUT2D eigenvalue weighted by atomic mass is 35.5. The first kappa shape index (κ1) is 20.0. The smallest absolute Gasteiger partial charge is 0.321 e. The molecule has 0 saturated carbocycles. The number of urea groups is 1. The molecule has 1 saturated heterocycles. The van der Waals surface area contributed by atoms with Gasteiger partial charge in [0, 0.05) is 25.3 Å². The molecule has 2 aliphatic heterocycles. The monoisotopic (exact) mass is 408 g/mol. The van der Waals surface area contributed by atoms with E-state index in [4.69, 9.17) is 0 Å². The summed E-state index contributed by atoms with van der Waals surface area (Å²) in [5.41, 5.74) is 1.60. The van der Waals surface area contributed by atoms with E-state index < -0.39 is 17.5 Å². The minimum atomic E-state index is -0.762. The Balaban J connectivity index is 0.00000225. The van der Waals surface area contributed by atoms with Gasteiger partial charge in [-0.15, -0.1) is 12.4 Å². The second kappa shape index (κ2) is 8.12. The Morgan fingerprint density at radius 3 is 2.71 bits per heavy atom. The van der Waals surface area contributed by atoms with Crippen LogP contribution in [-0.4, -0.2) is 31.6 Å². The highest BCUT2D eigenvalue weighted by Gasteiger charge is 2.24. The number of fused-ring (bicyclic) bond motifs is 1. The van der Waals surface area contributed by atoms with Crippen molar-refractivity contribution >= 4 is 35.7 Å². The first-order chi connectivity index (χ1) is 13.0. The Kier molecular flexibility index (Phi) is 5.81. The van der Waals surface area contributed by atoms with E-state index in [9.17, 15) is 18.4 Å². The molecule has 1 fully saturated rings. The van der Waals surface area contributed by atoms with Gasteiger partial charge in [-0.2, -0.15) is 0 Å². The zero-order chi connectivity index (χ0) is 19.0. The normalized spacial score (nSPS) is 15.5. The average molecular weight is 409 g/mol. The molecule has 0 bridgehead atoms. The molecule has 0 aromatic heterocycles. The van der Waals surface area contributed by atoms with Gasteiger partial charge < -0.3 is 16.0 Å². The molecule has 148 valence electrons. The minimum absolute atomic E-state index is 0. The number of amides is 3. The average Bonchev–Trinajstić information content (AvgIpc) is 3.10. The van der Waals surface area contributed by atoms with Gasteiger partial charge in [0.2, 0.25) is 0 Å². The van der Waals surface area contributed by atoms with Crippen molar-refractivity contribution in [3.8, 4) is 0 Å². The van der Waals surface area contributed by atoms with Crippen molar-refractivity contribution in [2.75, 3.05) is 29.9 Å². The second-order valence-corrected chi connectivity index (χ2v) is 6.49. The fraction of sp³-hybridized carbons (Fsp3) is 0.263. The van der Waals surface area contributed by atoms with Gasteiger partial charge in [0.25, 0.3) is 5.91 Å². The zero-order valence-corrected chi connectivity index (χ0v) is 15.7. The van der Waals surface area contributed by atoms with Crippen LogP contribution in [0.25, 0.3) is 0 Å². The summed E-state index contributed by atoms with van der Waals surface area (Å²) < 4.78 is 28.9.